The SMILES string of the molecule is Cc1nnc(CN[C@@H](c2ccc(Cl)cc2F)C(C)C)o1. The summed E-state index contributed by atoms with van der Waals surface area (Å²) in [6, 6.07) is 4.56. The van der Waals surface area contributed by atoms with Gasteiger partial charge in [0.05, 0.1) is 6.54 Å². The zero-order chi connectivity index (χ0) is 14.7. The number of rotatable bonds is 5. The molecule has 0 unspecified atom stereocenters. The molecule has 1 heterocycles. The molecule has 0 aliphatic rings. The maximum absolute atomic E-state index is 14.0. The second-order valence-electron chi connectivity index (χ2n) is 4.98. The van der Waals surface area contributed by atoms with E-state index in [0.717, 1.165) is 0 Å². The van der Waals surface area contributed by atoms with Gasteiger partial charge in [0, 0.05) is 23.6 Å². The van der Waals surface area contributed by atoms with Gasteiger partial charge in [-0.3, -0.25) is 0 Å². The van der Waals surface area contributed by atoms with E-state index in [0.29, 0.717) is 28.9 Å². The van der Waals surface area contributed by atoms with Crippen molar-refractivity contribution in [3.8, 4) is 0 Å². The lowest BCUT2D eigenvalue weighted by Gasteiger charge is -2.22. The van der Waals surface area contributed by atoms with E-state index in [1.807, 2.05) is 13.8 Å². The molecule has 0 saturated heterocycles. The van der Waals surface area contributed by atoms with E-state index in [1.54, 1.807) is 19.1 Å². The Hall–Kier alpha value is -1.46. The van der Waals surface area contributed by atoms with Crippen molar-refractivity contribution in [2.24, 2.45) is 5.92 Å². The minimum Gasteiger partial charge on any atom is -0.424 e. The summed E-state index contributed by atoms with van der Waals surface area (Å²) in [6.45, 7) is 6.16. The minimum atomic E-state index is -0.314. The fourth-order valence-electron chi connectivity index (χ4n) is 2.06. The molecular weight excluding hydrogens is 281 g/mol. The van der Waals surface area contributed by atoms with Crippen molar-refractivity contribution >= 4 is 11.6 Å². The van der Waals surface area contributed by atoms with Crippen molar-refractivity contribution in [1.29, 1.82) is 0 Å². The number of nitrogens with one attached hydrogen (secondary N) is 1. The highest BCUT2D eigenvalue weighted by atomic mass is 35.5. The Kier molecular flexibility index (Phi) is 4.73. The van der Waals surface area contributed by atoms with Gasteiger partial charge in [-0.15, -0.1) is 10.2 Å². The lowest BCUT2D eigenvalue weighted by atomic mass is 9.95. The van der Waals surface area contributed by atoms with Crippen LogP contribution in [-0.2, 0) is 6.54 Å². The molecule has 0 amide bonds. The molecule has 0 radical (unpaired) electrons. The molecule has 0 saturated carbocycles. The Labute approximate surface area is 122 Å². The molecule has 0 bridgehead atoms. The smallest absolute Gasteiger partial charge is 0.230 e. The van der Waals surface area contributed by atoms with Crippen molar-refractivity contribution in [2.45, 2.75) is 33.4 Å². The summed E-state index contributed by atoms with van der Waals surface area (Å²) in [5.74, 6) is 0.892. The molecule has 1 aromatic carbocycles. The lowest BCUT2D eigenvalue weighted by Crippen LogP contribution is -2.26. The van der Waals surface area contributed by atoms with Gasteiger partial charge in [-0.05, 0) is 18.1 Å². The van der Waals surface area contributed by atoms with Crippen LogP contribution in [0.1, 0.15) is 37.2 Å². The first-order valence-electron chi connectivity index (χ1n) is 6.44. The number of aryl methyl sites for hydroxylation is 1. The van der Waals surface area contributed by atoms with Crippen LogP contribution in [0.25, 0.3) is 0 Å². The summed E-state index contributed by atoms with van der Waals surface area (Å²) < 4.78 is 19.3. The third kappa shape index (κ3) is 3.55. The number of nitrogens with zero attached hydrogens (tertiary/aromatic N) is 2. The van der Waals surface area contributed by atoms with Gasteiger partial charge in [0.25, 0.3) is 0 Å². The second-order valence-corrected chi connectivity index (χ2v) is 5.42. The number of hydrogen-bond donors (Lipinski definition) is 1. The van der Waals surface area contributed by atoms with Crippen LogP contribution in [0, 0.1) is 18.7 Å². The fourth-order valence-corrected chi connectivity index (χ4v) is 2.22. The molecule has 1 N–H and O–H groups in total. The Balaban J connectivity index is 2.14. The molecule has 0 spiro atoms. The van der Waals surface area contributed by atoms with Crippen LogP contribution in [0.5, 0.6) is 0 Å². The maximum Gasteiger partial charge on any atom is 0.230 e. The third-order valence-corrected chi connectivity index (χ3v) is 3.24. The molecule has 2 aromatic rings. The molecule has 0 aliphatic carbocycles. The standard InChI is InChI=1S/C14H17ClFN3O/c1-8(2)14(11-5-4-10(15)6-12(11)16)17-7-13-19-18-9(3)20-13/h4-6,8,14,17H,7H2,1-3H3/t14-/m1/s1. The molecule has 20 heavy (non-hydrogen) atoms. The van der Waals surface area contributed by atoms with Gasteiger partial charge < -0.3 is 9.73 Å². The average Bonchev–Trinajstić information content (AvgIpc) is 2.77. The van der Waals surface area contributed by atoms with E-state index in [2.05, 4.69) is 15.5 Å². The average molecular weight is 298 g/mol. The van der Waals surface area contributed by atoms with E-state index < -0.39 is 0 Å². The molecule has 0 fully saturated rings. The molecule has 1 atom stereocenters. The predicted molar refractivity (Wildman–Crippen MR) is 74.9 cm³/mol. The topological polar surface area (TPSA) is 51.0 Å². The Morgan fingerprint density at radius 1 is 1.35 bits per heavy atom. The summed E-state index contributed by atoms with van der Waals surface area (Å²) in [5, 5.41) is 11.3. The van der Waals surface area contributed by atoms with Gasteiger partial charge in [-0.25, -0.2) is 4.39 Å². The van der Waals surface area contributed by atoms with Crippen molar-refractivity contribution in [3.05, 3.63) is 46.4 Å². The third-order valence-electron chi connectivity index (χ3n) is 3.01. The summed E-state index contributed by atoms with van der Waals surface area (Å²) >= 11 is 5.78. The molecule has 108 valence electrons. The van der Waals surface area contributed by atoms with Crippen LogP contribution in [0.4, 0.5) is 4.39 Å². The Bertz CT molecular complexity index is 586. The van der Waals surface area contributed by atoms with Crippen LogP contribution in [-0.4, -0.2) is 10.2 Å². The van der Waals surface area contributed by atoms with Gasteiger partial charge >= 0.3 is 0 Å². The van der Waals surface area contributed by atoms with Crippen LogP contribution < -0.4 is 5.32 Å². The molecule has 0 aliphatic heterocycles. The molecule has 2 rings (SSSR count). The van der Waals surface area contributed by atoms with Gasteiger partial charge in [-0.1, -0.05) is 31.5 Å². The minimum absolute atomic E-state index is 0.153. The summed E-state index contributed by atoms with van der Waals surface area (Å²) in [6.07, 6.45) is 0. The fraction of sp³-hybridized carbons (Fsp3) is 0.429. The number of hydrogen-bond acceptors (Lipinski definition) is 4. The molecule has 4 nitrogen and oxygen atoms in total. The Morgan fingerprint density at radius 3 is 2.65 bits per heavy atom. The lowest BCUT2D eigenvalue weighted by molar-refractivity contribution is 0.364. The summed E-state index contributed by atoms with van der Waals surface area (Å²) in [7, 11) is 0. The number of benzene rings is 1. The Morgan fingerprint density at radius 2 is 2.10 bits per heavy atom. The maximum atomic E-state index is 14.0. The second kappa shape index (κ2) is 6.33. The molecule has 1 aromatic heterocycles. The zero-order valence-electron chi connectivity index (χ0n) is 11.7. The summed E-state index contributed by atoms with van der Waals surface area (Å²) in [4.78, 5) is 0. The van der Waals surface area contributed by atoms with Gasteiger partial charge in [0.1, 0.15) is 5.82 Å². The van der Waals surface area contributed by atoms with Crippen molar-refractivity contribution in [2.75, 3.05) is 0 Å². The highest BCUT2D eigenvalue weighted by Crippen LogP contribution is 2.26. The first-order chi connectivity index (χ1) is 9.47. The van der Waals surface area contributed by atoms with Crippen LogP contribution in [0.3, 0.4) is 0 Å². The highest BCUT2D eigenvalue weighted by molar-refractivity contribution is 6.30. The summed E-state index contributed by atoms with van der Waals surface area (Å²) in [5.41, 5.74) is 0.584. The molecular formula is C14H17ClFN3O. The van der Waals surface area contributed by atoms with Crippen LogP contribution >= 0.6 is 11.6 Å². The van der Waals surface area contributed by atoms with Crippen molar-refractivity contribution in [1.82, 2.24) is 15.5 Å². The van der Waals surface area contributed by atoms with Crippen LogP contribution in [0.2, 0.25) is 5.02 Å². The zero-order valence-corrected chi connectivity index (χ0v) is 12.4. The van der Waals surface area contributed by atoms with E-state index >= 15 is 0 Å². The molecule has 6 heteroatoms. The van der Waals surface area contributed by atoms with E-state index in [4.69, 9.17) is 16.0 Å². The largest absolute Gasteiger partial charge is 0.424 e. The van der Waals surface area contributed by atoms with Crippen LogP contribution in [0.15, 0.2) is 22.6 Å². The van der Waals surface area contributed by atoms with Gasteiger partial charge in [0.15, 0.2) is 0 Å². The highest BCUT2D eigenvalue weighted by Gasteiger charge is 2.20. The monoisotopic (exact) mass is 297 g/mol. The van der Waals surface area contributed by atoms with Gasteiger partial charge in [-0.2, -0.15) is 0 Å². The number of aromatic nitrogens is 2. The number of halogens is 2. The quantitative estimate of drug-likeness (QED) is 0.915. The van der Waals surface area contributed by atoms with E-state index in [-0.39, 0.29) is 17.8 Å². The normalized spacial score (nSPS) is 12.9. The first kappa shape index (κ1) is 14.9. The predicted octanol–water partition coefficient (Wildman–Crippen LogP) is 3.66. The first-order valence-corrected chi connectivity index (χ1v) is 6.82. The van der Waals surface area contributed by atoms with Gasteiger partial charge in [0.2, 0.25) is 11.8 Å². The van der Waals surface area contributed by atoms with Crippen molar-refractivity contribution in [3.63, 3.8) is 0 Å². The van der Waals surface area contributed by atoms with E-state index in [1.165, 1.54) is 6.07 Å². The van der Waals surface area contributed by atoms with Crippen molar-refractivity contribution < 1.29 is 8.81 Å². The van der Waals surface area contributed by atoms with E-state index in [9.17, 15) is 4.39 Å².